The largest absolute Gasteiger partial charge is 0.391 e. The van der Waals surface area contributed by atoms with Gasteiger partial charge in [0.2, 0.25) is 10.0 Å². The van der Waals surface area contributed by atoms with Crippen molar-refractivity contribution >= 4 is 21.4 Å². The first-order chi connectivity index (χ1) is 9.45. The highest BCUT2D eigenvalue weighted by molar-refractivity contribution is 7.89. The zero-order valence-corrected chi connectivity index (χ0v) is 11.8. The molecule has 0 aliphatic heterocycles. The molecule has 108 valence electrons. The molecule has 0 atom stereocenters. The Balaban J connectivity index is 2.30. The van der Waals surface area contributed by atoms with Gasteiger partial charge in [-0.15, -0.1) is 0 Å². The summed E-state index contributed by atoms with van der Waals surface area (Å²) in [4.78, 5) is -0.682. The van der Waals surface area contributed by atoms with E-state index < -0.39 is 38.7 Å². The van der Waals surface area contributed by atoms with Crippen LogP contribution in [0.25, 0.3) is 0 Å². The van der Waals surface area contributed by atoms with E-state index in [9.17, 15) is 17.2 Å². The van der Waals surface area contributed by atoms with Crippen molar-refractivity contribution in [3.8, 4) is 0 Å². The normalized spacial score (nSPS) is 11.8. The van der Waals surface area contributed by atoms with E-state index in [1.54, 1.807) is 16.8 Å². The molecule has 1 heterocycles. The summed E-state index contributed by atoms with van der Waals surface area (Å²) < 4.78 is 53.3. The van der Waals surface area contributed by atoms with Gasteiger partial charge in [-0.05, 0) is 34.5 Å². The highest BCUT2D eigenvalue weighted by Crippen LogP contribution is 2.21. The zero-order valence-electron chi connectivity index (χ0n) is 10.1. The van der Waals surface area contributed by atoms with Crippen LogP contribution in [0.2, 0.25) is 0 Å². The SMILES string of the molecule is O=S(=O)(NCc1ccsc1)c1ccc(F)c(CO)c1F. The molecule has 1 aromatic carbocycles. The minimum absolute atomic E-state index is 0.0110. The molecule has 0 spiro atoms. The number of halogens is 2. The molecule has 2 N–H and O–H groups in total. The van der Waals surface area contributed by atoms with E-state index in [0.29, 0.717) is 0 Å². The lowest BCUT2D eigenvalue weighted by molar-refractivity contribution is 0.267. The summed E-state index contributed by atoms with van der Waals surface area (Å²) in [6, 6.07) is 3.38. The van der Waals surface area contributed by atoms with Crippen LogP contribution >= 0.6 is 11.3 Å². The Hall–Kier alpha value is -1.35. The maximum absolute atomic E-state index is 13.9. The molecular weight excluding hydrogens is 308 g/mol. The van der Waals surface area contributed by atoms with Crippen molar-refractivity contribution in [2.24, 2.45) is 0 Å². The van der Waals surface area contributed by atoms with E-state index in [1.807, 2.05) is 0 Å². The van der Waals surface area contributed by atoms with Gasteiger partial charge in [-0.2, -0.15) is 11.3 Å². The van der Waals surface area contributed by atoms with E-state index in [-0.39, 0.29) is 6.54 Å². The lowest BCUT2D eigenvalue weighted by Gasteiger charge is -2.09. The Morgan fingerprint density at radius 2 is 2.00 bits per heavy atom. The van der Waals surface area contributed by atoms with Crippen molar-refractivity contribution in [2.45, 2.75) is 18.0 Å². The molecule has 4 nitrogen and oxygen atoms in total. The van der Waals surface area contributed by atoms with E-state index in [0.717, 1.165) is 17.7 Å². The minimum Gasteiger partial charge on any atom is -0.391 e. The molecule has 0 amide bonds. The third-order valence-corrected chi connectivity index (χ3v) is 4.80. The fourth-order valence-electron chi connectivity index (χ4n) is 1.58. The van der Waals surface area contributed by atoms with Crippen LogP contribution in [-0.2, 0) is 23.2 Å². The highest BCUT2D eigenvalue weighted by atomic mass is 32.2. The van der Waals surface area contributed by atoms with Crippen LogP contribution in [0.15, 0.2) is 33.9 Å². The summed E-state index contributed by atoms with van der Waals surface area (Å²) in [5.74, 6) is -2.26. The second-order valence-corrected chi connectivity index (χ2v) is 6.47. The predicted octanol–water partition coefficient (Wildman–Crippen LogP) is 2.00. The van der Waals surface area contributed by atoms with Crippen molar-refractivity contribution in [1.82, 2.24) is 4.72 Å². The van der Waals surface area contributed by atoms with Crippen molar-refractivity contribution in [2.75, 3.05) is 0 Å². The van der Waals surface area contributed by atoms with E-state index in [4.69, 9.17) is 5.11 Å². The second kappa shape index (κ2) is 5.96. The Morgan fingerprint density at radius 1 is 1.25 bits per heavy atom. The Bertz CT molecular complexity index is 700. The Kier molecular flexibility index (Phi) is 4.48. The molecule has 1 aromatic heterocycles. The molecule has 0 aliphatic carbocycles. The first kappa shape index (κ1) is 15.0. The number of sulfonamides is 1. The van der Waals surface area contributed by atoms with Crippen LogP contribution in [0.1, 0.15) is 11.1 Å². The van der Waals surface area contributed by atoms with Gasteiger partial charge < -0.3 is 5.11 Å². The number of benzene rings is 1. The summed E-state index contributed by atoms with van der Waals surface area (Å²) in [7, 11) is -4.11. The van der Waals surface area contributed by atoms with Gasteiger partial charge in [0.15, 0.2) is 5.82 Å². The lowest BCUT2D eigenvalue weighted by Crippen LogP contribution is -2.24. The Morgan fingerprint density at radius 3 is 2.60 bits per heavy atom. The molecule has 0 unspecified atom stereocenters. The maximum Gasteiger partial charge on any atom is 0.243 e. The van der Waals surface area contributed by atoms with Crippen LogP contribution in [0.5, 0.6) is 0 Å². The van der Waals surface area contributed by atoms with Crippen LogP contribution in [0.4, 0.5) is 8.78 Å². The molecule has 0 saturated heterocycles. The quantitative estimate of drug-likeness (QED) is 0.886. The fraction of sp³-hybridized carbons (Fsp3) is 0.167. The lowest BCUT2D eigenvalue weighted by atomic mass is 10.2. The average molecular weight is 319 g/mol. The summed E-state index contributed by atoms with van der Waals surface area (Å²) in [6.07, 6.45) is 0. The van der Waals surface area contributed by atoms with E-state index in [1.165, 1.54) is 11.3 Å². The number of hydrogen-bond acceptors (Lipinski definition) is 4. The predicted molar refractivity (Wildman–Crippen MR) is 70.6 cm³/mol. The summed E-state index contributed by atoms with van der Waals surface area (Å²) >= 11 is 1.41. The van der Waals surface area contributed by atoms with E-state index in [2.05, 4.69) is 4.72 Å². The van der Waals surface area contributed by atoms with Crippen molar-refractivity contribution in [1.29, 1.82) is 0 Å². The van der Waals surface area contributed by atoms with Crippen LogP contribution in [0.3, 0.4) is 0 Å². The smallest absolute Gasteiger partial charge is 0.243 e. The Labute approximate surface area is 118 Å². The molecule has 20 heavy (non-hydrogen) atoms. The number of thiophene rings is 1. The molecule has 0 fully saturated rings. The van der Waals surface area contributed by atoms with Gasteiger partial charge >= 0.3 is 0 Å². The molecule has 0 bridgehead atoms. The number of rotatable bonds is 5. The molecular formula is C12H11F2NO3S2. The number of aliphatic hydroxyl groups is 1. The second-order valence-electron chi connectivity index (χ2n) is 3.95. The number of hydrogen-bond donors (Lipinski definition) is 2. The summed E-state index contributed by atoms with van der Waals surface area (Å²) in [5, 5.41) is 12.4. The highest BCUT2D eigenvalue weighted by Gasteiger charge is 2.23. The molecule has 2 rings (SSSR count). The van der Waals surface area contributed by atoms with Gasteiger partial charge in [-0.25, -0.2) is 21.9 Å². The van der Waals surface area contributed by atoms with Crippen molar-refractivity contribution in [3.63, 3.8) is 0 Å². The number of aliphatic hydroxyl groups excluding tert-OH is 1. The van der Waals surface area contributed by atoms with Crippen molar-refractivity contribution < 1.29 is 22.3 Å². The van der Waals surface area contributed by atoms with Gasteiger partial charge in [0.1, 0.15) is 10.7 Å². The fourth-order valence-corrected chi connectivity index (χ4v) is 3.37. The third-order valence-electron chi connectivity index (χ3n) is 2.64. The standard InChI is InChI=1S/C12H11F2NO3S2/c13-10-1-2-11(12(14)9(10)6-16)20(17,18)15-5-8-3-4-19-7-8/h1-4,7,15-16H,5-6H2. The van der Waals surface area contributed by atoms with Gasteiger partial charge in [0, 0.05) is 6.54 Å². The van der Waals surface area contributed by atoms with E-state index >= 15 is 0 Å². The molecule has 2 aromatic rings. The first-order valence-electron chi connectivity index (χ1n) is 5.54. The average Bonchev–Trinajstić information content (AvgIpc) is 2.90. The van der Waals surface area contributed by atoms with Gasteiger partial charge in [-0.1, -0.05) is 0 Å². The topological polar surface area (TPSA) is 66.4 Å². The third kappa shape index (κ3) is 3.04. The molecule has 0 aliphatic rings. The number of nitrogens with one attached hydrogen (secondary N) is 1. The maximum atomic E-state index is 13.9. The minimum atomic E-state index is -4.11. The van der Waals surface area contributed by atoms with Gasteiger partial charge in [0.05, 0.1) is 12.2 Å². The van der Waals surface area contributed by atoms with Crippen LogP contribution < -0.4 is 4.72 Å². The summed E-state index contributed by atoms with van der Waals surface area (Å²) in [6.45, 7) is -0.900. The molecule has 8 heteroatoms. The van der Waals surface area contributed by atoms with Gasteiger partial charge in [0.25, 0.3) is 0 Å². The van der Waals surface area contributed by atoms with Crippen LogP contribution in [0, 0.1) is 11.6 Å². The first-order valence-corrected chi connectivity index (χ1v) is 7.97. The summed E-state index contributed by atoms with van der Waals surface area (Å²) in [5.41, 5.74) is 0.0758. The molecule has 0 radical (unpaired) electrons. The monoisotopic (exact) mass is 319 g/mol. The molecule has 0 saturated carbocycles. The van der Waals surface area contributed by atoms with Gasteiger partial charge in [-0.3, -0.25) is 0 Å². The van der Waals surface area contributed by atoms with Crippen molar-refractivity contribution in [3.05, 3.63) is 51.7 Å². The van der Waals surface area contributed by atoms with Crippen LogP contribution in [-0.4, -0.2) is 13.5 Å². The zero-order chi connectivity index (χ0) is 14.8.